The van der Waals surface area contributed by atoms with E-state index >= 15 is 0 Å². The van der Waals surface area contributed by atoms with Crippen LogP contribution in [0.1, 0.15) is 12.5 Å². The van der Waals surface area contributed by atoms with E-state index in [0.717, 1.165) is 0 Å². The maximum Gasteiger partial charge on any atom is 0.209 e. The second kappa shape index (κ2) is 2.82. The number of furan rings is 1. The van der Waals surface area contributed by atoms with Gasteiger partial charge in [0.05, 0.1) is 12.0 Å². The normalized spacial score (nSPS) is 11.8. The Kier molecular flexibility index (Phi) is 2.14. The molecule has 5 heteroatoms. The number of rotatable bonds is 2. The first kappa shape index (κ1) is 9.12. The van der Waals surface area contributed by atoms with Crippen molar-refractivity contribution in [2.45, 2.75) is 18.7 Å². The third-order valence-electron chi connectivity index (χ3n) is 1.64. The Labute approximate surface area is 71.3 Å². The van der Waals surface area contributed by atoms with E-state index in [0.29, 0.717) is 5.56 Å². The molecule has 1 aromatic heterocycles. The average Bonchev–Trinajstić information content (AvgIpc) is 2.31. The highest BCUT2D eigenvalue weighted by Crippen LogP contribution is 2.24. The molecule has 2 N–H and O–H groups in total. The smallest absolute Gasteiger partial charge is 0.209 e. The second-order valence-corrected chi connectivity index (χ2v) is 4.73. The maximum atomic E-state index is 11.4. The third kappa shape index (κ3) is 1.32. The lowest BCUT2D eigenvalue weighted by atomic mass is 10.4. The van der Waals surface area contributed by atoms with Gasteiger partial charge >= 0.3 is 0 Å². The van der Waals surface area contributed by atoms with Crippen LogP contribution in [0.25, 0.3) is 0 Å². The summed E-state index contributed by atoms with van der Waals surface area (Å²) in [6.45, 7) is 3.23. The molecule has 4 nitrogen and oxygen atoms in total. The Morgan fingerprint density at radius 3 is 2.50 bits per heavy atom. The summed E-state index contributed by atoms with van der Waals surface area (Å²) in [5.41, 5.74) is 5.92. The van der Waals surface area contributed by atoms with Gasteiger partial charge in [-0.1, -0.05) is 6.92 Å². The Balaban J connectivity index is 3.37. The van der Waals surface area contributed by atoms with Crippen LogP contribution in [0.2, 0.25) is 0 Å². The van der Waals surface area contributed by atoms with Gasteiger partial charge < -0.3 is 10.2 Å². The zero-order chi connectivity index (χ0) is 9.35. The van der Waals surface area contributed by atoms with Crippen molar-refractivity contribution >= 4 is 15.7 Å². The van der Waals surface area contributed by atoms with Crippen molar-refractivity contribution in [2.75, 3.05) is 11.5 Å². The lowest BCUT2D eigenvalue weighted by Crippen LogP contribution is -2.06. The molecule has 0 unspecified atom stereocenters. The number of hydrogen-bond donors (Lipinski definition) is 1. The molecule has 0 atom stereocenters. The van der Waals surface area contributed by atoms with Crippen molar-refractivity contribution in [3.05, 3.63) is 11.8 Å². The summed E-state index contributed by atoms with van der Waals surface area (Å²) in [4.78, 5) is 0.130. The predicted octanol–water partition coefficient (Wildman–Crippen LogP) is 0.964. The summed E-state index contributed by atoms with van der Waals surface area (Å²) < 4.78 is 27.5. The SMILES string of the molecule is CCS(=O)(=O)c1c(C)coc1N. The summed E-state index contributed by atoms with van der Waals surface area (Å²) in [6, 6.07) is 0. The fourth-order valence-corrected chi connectivity index (χ4v) is 2.18. The lowest BCUT2D eigenvalue weighted by molar-refractivity contribution is 0.575. The minimum Gasteiger partial charge on any atom is -0.448 e. The highest BCUT2D eigenvalue weighted by atomic mass is 32.2. The first-order valence-electron chi connectivity index (χ1n) is 3.55. The minimum atomic E-state index is -3.23. The fraction of sp³-hybridized carbons (Fsp3) is 0.429. The number of sulfone groups is 1. The molecule has 0 aromatic carbocycles. The molecule has 0 aliphatic heterocycles. The molecular weight excluding hydrogens is 178 g/mol. The zero-order valence-electron chi connectivity index (χ0n) is 6.99. The molecule has 1 heterocycles. The Bertz CT molecular complexity index is 358. The van der Waals surface area contributed by atoms with Gasteiger partial charge in [-0.15, -0.1) is 0 Å². The number of aryl methyl sites for hydroxylation is 1. The van der Waals surface area contributed by atoms with E-state index in [4.69, 9.17) is 10.2 Å². The summed E-state index contributed by atoms with van der Waals surface area (Å²) in [5.74, 6) is 0.0201. The first-order valence-corrected chi connectivity index (χ1v) is 5.20. The molecular formula is C7H11NO3S. The van der Waals surface area contributed by atoms with Crippen LogP contribution in [-0.4, -0.2) is 14.2 Å². The number of anilines is 1. The van der Waals surface area contributed by atoms with Crippen molar-refractivity contribution in [1.29, 1.82) is 0 Å². The van der Waals surface area contributed by atoms with Crippen molar-refractivity contribution in [3.8, 4) is 0 Å². The van der Waals surface area contributed by atoms with E-state index in [2.05, 4.69) is 0 Å². The van der Waals surface area contributed by atoms with Crippen LogP contribution in [0, 0.1) is 6.92 Å². The van der Waals surface area contributed by atoms with Crippen LogP contribution < -0.4 is 5.73 Å². The van der Waals surface area contributed by atoms with E-state index in [9.17, 15) is 8.42 Å². The van der Waals surface area contributed by atoms with Gasteiger partial charge in [-0.05, 0) is 6.92 Å². The van der Waals surface area contributed by atoms with Crippen LogP contribution in [0.15, 0.2) is 15.6 Å². The van der Waals surface area contributed by atoms with Crippen molar-refractivity contribution in [2.24, 2.45) is 0 Å². The van der Waals surface area contributed by atoms with Gasteiger partial charge in [-0.25, -0.2) is 8.42 Å². The average molecular weight is 189 g/mol. The van der Waals surface area contributed by atoms with Gasteiger partial charge in [-0.3, -0.25) is 0 Å². The Morgan fingerprint density at radius 2 is 2.17 bits per heavy atom. The van der Waals surface area contributed by atoms with Crippen LogP contribution >= 0.6 is 0 Å². The van der Waals surface area contributed by atoms with E-state index in [1.165, 1.54) is 6.26 Å². The van der Waals surface area contributed by atoms with Crippen molar-refractivity contribution < 1.29 is 12.8 Å². The molecule has 0 saturated heterocycles. The molecule has 0 fully saturated rings. The van der Waals surface area contributed by atoms with Gasteiger partial charge in [0.2, 0.25) is 5.88 Å². The molecule has 12 heavy (non-hydrogen) atoms. The minimum absolute atomic E-state index is 0.0191. The van der Waals surface area contributed by atoms with E-state index in [-0.39, 0.29) is 16.5 Å². The molecule has 0 bridgehead atoms. The molecule has 0 saturated carbocycles. The third-order valence-corrected chi connectivity index (χ3v) is 3.54. The topological polar surface area (TPSA) is 73.3 Å². The van der Waals surface area contributed by atoms with Gasteiger partial charge in [0, 0.05) is 5.56 Å². The van der Waals surface area contributed by atoms with Gasteiger partial charge in [0.1, 0.15) is 4.90 Å². The summed E-state index contributed by atoms with van der Waals surface area (Å²) in [7, 11) is -3.23. The molecule has 68 valence electrons. The second-order valence-electron chi connectivity index (χ2n) is 2.52. The standard InChI is InChI=1S/C7H11NO3S/c1-3-12(9,10)6-5(2)4-11-7(6)8/h4H,3,8H2,1-2H3. The van der Waals surface area contributed by atoms with Crippen molar-refractivity contribution in [1.82, 2.24) is 0 Å². The van der Waals surface area contributed by atoms with E-state index < -0.39 is 9.84 Å². The predicted molar refractivity (Wildman–Crippen MR) is 45.6 cm³/mol. The van der Waals surface area contributed by atoms with Gasteiger partial charge in [-0.2, -0.15) is 0 Å². The fourth-order valence-electron chi connectivity index (χ4n) is 0.996. The summed E-state index contributed by atoms with van der Waals surface area (Å²) in [6.07, 6.45) is 1.35. The first-order chi connectivity index (χ1) is 5.49. The highest BCUT2D eigenvalue weighted by molar-refractivity contribution is 7.91. The Morgan fingerprint density at radius 1 is 1.58 bits per heavy atom. The molecule has 0 radical (unpaired) electrons. The maximum absolute atomic E-state index is 11.4. The molecule has 1 aromatic rings. The van der Waals surface area contributed by atoms with E-state index in [1.807, 2.05) is 0 Å². The van der Waals surface area contributed by atoms with Crippen LogP contribution in [0.5, 0.6) is 0 Å². The molecule has 1 rings (SSSR count). The molecule has 0 spiro atoms. The van der Waals surface area contributed by atoms with E-state index in [1.54, 1.807) is 13.8 Å². The monoisotopic (exact) mass is 189 g/mol. The Hall–Kier alpha value is -0.970. The largest absolute Gasteiger partial charge is 0.448 e. The quantitative estimate of drug-likeness (QED) is 0.752. The van der Waals surface area contributed by atoms with Gasteiger partial charge in [0.25, 0.3) is 0 Å². The van der Waals surface area contributed by atoms with Gasteiger partial charge in [0.15, 0.2) is 9.84 Å². The molecule has 0 aliphatic carbocycles. The number of nitrogen functional groups attached to an aromatic ring is 1. The summed E-state index contributed by atoms with van der Waals surface area (Å²) >= 11 is 0. The van der Waals surface area contributed by atoms with Crippen LogP contribution in [-0.2, 0) is 9.84 Å². The lowest BCUT2D eigenvalue weighted by Gasteiger charge is -1.98. The molecule has 0 aliphatic rings. The van der Waals surface area contributed by atoms with Crippen LogP contribution in [0.4, 0.5) is 5.88 Å². The zero-order valence-corrected chi connectivity index (χ0v) is 7.81. The number of hydrogen-bond acceptors (Lipinski definition) is 4. The highest BCUT2D eigenvalue weighted by Gasteiger charge is 2.20. The van der Waals surface area contributed by atoms with Crippen LogP contribution in [0.3, 0.4) is 0 Å². The number of nitrogens with two attached hydrogens (primary N) is 1. The molecule has 0 amide bonds. The van der Waals surface area contributed by atoms with Crippen molar-refractivity contribution in [3.63, 3.8) is 0 Å². The summed E-state index contributed by atoms with van der Waals surface area (Å²) in [5, 5.41) is 0.